The first-order valence-corrected chi connectivity index (χ1v) is 12.0. The van der Waals surface area contributed by atoms with E-state index in [4.69, 9.17) is 4.74 Å². The molecule has 0 spiro atoms. The first kappa shape index (κ1) is 20.6. The van der Waals surface area contributed by atoms with Crippen LogP contribution >= 0.6 is 15.9 Å². The van der Waals surface area contributed by atoms with Gasteiger partial charge in [-0.3, -0.25) is 14.4 Å². The molecule has 3 rings (SSSR count). The van der Waals surface area contributed by atoms with Gasteiger partial charge in [0.1, 0.15) is 16.5 Å². The number of methoxy groups -OCH3 is 1. The van der Waals surface area contributed by atoms with Crippen molar-refractivity contribution >= 4 is 47.5 Å². The summed E-state index contributed by atoms with van der Waals surface area (Å²) < 4.78 is 61.1. The highest BCUT2D eigenvalue weighted by Gasteiger charge is 2.22. The number of anilines is 1. The molecule has 0 radical (unpaired) electrons. The number of benzene rings is 2. The van der Waals surface area contributed by atoms with Gasteiger partial charge >= 0.3 is 0 Å². The summed E-state index contributed by atoms with van der Waals surface area (Å²) in [6.45, 7) is 0.589. The second kappa shape index (κ2) is 8.10. The summed E-state index contributed by atoms with van der Waals surface area (Å²) in [4.78, 5) is 3.95. The summed E-state index contributed by atoms with van der Waals surface area (Å²) in [5.41, 5.74) is 0.110. The van der Waals surface area contributed by atoms with Gasteiger partial charge < -0.3 is 4.74 Å². The van der Waals surface area contributed by atoms with Crippen molar-refractivity contribution < 1.29 is 21.6 Å². The predicted octanol–water partition coefficient (Wildman–Crippen LogP) is 2.73. The molecular formula is C17H18BrN3O5S2. The zero-order chi connectivity index (χ0) is 20.4. The molecule has 0 atom stereocenters. The number of amidine groups is 1. The number of hydrogen-bond acceptors (Lipinski definition) is 6. The largest absolute Gasteiger partial charge is 0.495 e. The van der Waals surface area contributed by atoms with Crippen molar-refractivity contribution in [1.29, 1.82) is 0 Å². The Labute approximate surface area is 172 Å². The summed E-state index contributed by atoms with van der Waals surface area (Å²) in [5, 5.41) is 0. The lowest BCUT2D eigenvalue weighted by Gasteiger charge is -2.13. The maximum Gasteiger partial charge on any atom is 0.265 e. The third-order valence-corrected chi connectivity index (χ3v) is 7.21. The van der Waals surface area contributed by atoms with Crippen LogP contribution in [0.5, 0.6) is 5.75 Å². The van der Waals surface area contributed by atoms with Gasteiger partial charge in [0.2, 0.25) is 0 Å². The van der Waals surface area contributed by atoms with Crippen LogP contribution in [0.15, 0.2) is 61.7 Å². The zero-order valence-corrected chi connectivity index (χ0v) is 18.1. The van der Waals surface area contributed by atoms with Gasteiger partial charge in [-0.05, 0) is 42.8 Å². The molecule has 1 aliphatic rings. The van der Waals surface area contributed by atoms with E-state index in [2.05, 4.69) is 30.4 Å². The van der Waals surface area contributed by atoms with Crippen molar-refractivity contribution in [2.75, 3.05) is 18.4 Å². The molecule has 0 bridgehead atoms. The molecular weight excluding hydrogens is 470 g/mol. The first-order chi connectivity index (χ1) is 13.2. The van der Waals surface area contributed by atoms with Crippen molar-refractivity contribution in [2.24, 2.45) is 4.99 Å². The number of rotatable bonds is 6. The molecule has 2 aromatic rings. The lowest BCUT2D eigenvalue weighted by Crippen LogP contribution is -2.29. The van der Waals surface area contributed by atoms with Gasteiger partial charge in [-0.25, -0.2) is 16.8 Å². The fraction of sp³-hybridized carbons (Fsp3) is 0.235. The number of hydrogen-bond donors (Lipinski definition) is 2. The van der Waals surface area contributed by atoms with Crippen LogP contribution in [0.4, 0.5) is 5.69 Å². The van der Waals surface area contributed by atoms with Crippen LogP contribution in [0, 0.1) is 0 Å². The van der Waals surface area contributed by atoms with Gasteiger partial charge in [-0.1, -0.05) is 22.0 Å². The average molecular weight is 488 g/mol. The molecule has 28 heavy (non-hydrogen) atoms. The lowest BCUT2D eigenvalue weighted by molar-refractivity contribution is 0.403. The number of nitrogens with one attached hydrogen (secondary N) is 2. The molecule has 150 valence electrons. The minimum absolute atomic E-state index is 0.0662. The van der Waals surface area contributed by atoms with E-state index >= 15 is 0 Å². The van der Waals surface area contributed by atoms with Crippen LogP contribution in [0.1, 0.15) is 12.8 Å². The normalized spacial score (nSPS) is 14.4. The van der Waals surface area contributed by atoms with Gasteiger partial charge in [0, 0.05) is 17.4 Å². The third kappa shape index (κ3) is 4.65. The minimum Gasteiger partial charge on any atom is -0.495 e. The third-order valence-electron chi connectivity index (χ3n) is 3.94. The minimum atomic E-state index is -4.01. The van der Waals surface area contributed by atoms with Crippen LogP contribution in [0.2, 0.25) is 0 Å². The topological polar surface area (TPSA) is 114 Å². The molecule has 1 heterocycles. The van der Waals surface area contributed by atoms with Crippen molar-refractivity contribution in [2.45, 2.75) is 22.6 Å². The highest BCUT2D eigenvalue weighted by Crippen LogP contribution is 2.29. The summed E-state index contributed by atoms with van der Waals surface area (Å²) in [5.74, 6) is 0.574. The maximum atomic E-state index is 12.8. The second-order valence-corrected chi connectivity index (χ2v) is 10.2. The van der Waals surface area contributed by atoms with E-state index in [-0.39, 0.29) is 21.2 Å². The van der Waals surface area contributed by atoms with Crippen molar-refractivity contribution in [3.63, 3.8) is 0 Å². The van der Waals surface area contributed by atoms with E-state index in [0.717, 1.165) is 6.42 Å². The zero-order valence-electron chi connectivity index (χ0n) is 14.8. The van der Waals surface area contributed by atoms with Gasteiger partial charge in [0.05, 0.1) is 17.7 Å². The molecule has 0 aliphatic carbocycles. The van der Waals surface area contributed by atoms with E-state index in [1.807, 2.05) is 0 Å². The van der Waals surface area contributed by atoms with E-state index < -0.39 is 20.0 Å². The van der Waals surface area contributed by atoms with Crippen LogP contribution < -0.4 is 14.2 Å². The van der Waals surface area contributed by atoms with Gasteiger partial charge in [0.15, 0.2) is 0 Å². The molecule has 11 heteroatoms. The maximum absolute atomic E-state index is 12.8. The van der Waals surface area contributed by atoms with E-state index in [9.17, 15) is 16.8 Å². The molecule has 2 aromatic carbocycles. The molecule has 1 aliphatic heterocycles. The Hall–Kier alpha value is -2.11. The van der Waals surface area contributed by atoms with E-state index in [0.29, 0.717) is 23.3 Å². The molecule has 2 N–H and O–H groups in total. The number of halogens is 1. The van der Waals surface area contributed by atoms with Crippen LogP contribution in [0.25, 0.3) is 0 Å². The number of ether oxygens (including phenoxy) is 1. The standard InChI is InChI=1S/C17H18BrN3O5S2/c1-26-15-8-7-12(18)10-16(15)28(24,25)20-13-4-2-5-14(11-13)27(22,23)21-17-6-3-9-19-17/h2,4-5,7-8,10-11,20H,3,6,9H2,1H3,(H,19,21). The molecule has 0 unspecified atom stereocenters. The van der Waals surface area contributed by atoms with E-state index in [1.165, 1.54) is 43.5 Å². The van der Waals surface area contributed by atoms with Crippen molar-refractivity contribution in [1.82, 2.24) is 4.72 Å². The molecule has 0 fully saturated rings. The summed E-state index contributed by atoms with van der Waals surface area (Å²) in [6.07, 6.45) is 1.36. The van der Waals surface area contributed by atoms with Crippen molar-refractivity contribution in [3.8, 4) is 5.75 Å². The Kier molecular flexibility index (Phi) is 5.96. The Morgan fingerprint density at radius 2 is 1.82 bits per heavy atom. The Bertz CT molecular complexity index is 1130. The van der Waals surface area contributed by atoms with Crippen LogP contribution in [-0.4, -0.2) is 36.3 Å². The number of aliphatic imine (C=N–C) groups is 1. The quantitative estimate of drug-likeness (QED) is 0.649. The summed E-state index contributed by atoms with van der Waals surface area (Å²) in [6, 6.07) is 10.1. The molecule has 0 aromatic heterocycles. The van der Waals surface area contributed by atoms with Crippen LogP contribution in [0.3, 0.4) is 0 Å². The fourth-order valence-corrected chi connectivity index (χ4v) is 5.53. The fourth-order valence-electron chi connectivity index (χ4n) is 2.63. The molecule has 0 saturated carbocycles. The molecule has 8 nitrogen and oxygen atoms in total. The average Bonchev–Trinajstić information content (AvgIpc) is 3.14. The van der Waals surface area contributed by atoms with Gasteiger partial charge in [0.25, 0.3) is 20.0 Å². The summed E-state index contributed by atoms with van der Waals surface area (Å²) in [7, 11) is -6.49. The van der Waals surface area contributed by atoms with Gasteiger partial charge in [-0.2, -0.15) is 0 Å². The van der Waals surface area contributed by atoms with Crippen LogP contribution in [-0.2, 0) is 20.0 Å². The Morgan fingerprint density at radius 1 is 1.04 bits per heavy atom. The van der Waals surface area contributed by atoms with Gasteiger partial charge in [-0.15, -0.1) is 0 Å². The Balaban J connectivity index is 1.89. The number of nitrogens with zero attached hydrogens (tertiary/aromatic N) is 1. The monoisotopic (exact) mass is 487 g/mol. The SMILES string of the molecule is COc1ccc(Br)cc1S(=O)(=O)Nc1cccc(S(=O)(=O)NC2=NCCC2)c1. The molecule has 0 amide bonds. The highest BCUT2D eigenvalue weighted by molar-refractivity contribution is 9.10. The smallest absolute Gasteiger partial charge is 0.265 e. The first-order valence-electron chi connectivity index (χ1n) is 8.24. The number of sulfonamides is 2. The predicted molar refractivity (Wildman–Crippen MR) is 110 cm³/mol. The second-order valence-electron chi connectivity index (χ2n) is 5.97. The lowest BCUT2D eigenvalue weighted by atomic mass is 10.3. The summed E-state index contributed by atoms with van der Waals surface area (Å²) >= 11 is 3.24. The Morgan fingerprint density at radius 3 is 2.50 bits per heavy atom. The van der Waals surface area contributed by atoms with Crippen molar-refractivity contribution in [3.05, 3.63) is 46.9 Å². The molecule has 0 saturated heterocycles. The van der Waals surface area contributed by atoms with E-state index in [1.54, 1.807) is 6.07 Å². The highest BCUT2D eigenvalue weighted by atomic mass is 79.9.